The van der Waals surface area contributed by atoms with Crippen LogP contribution >= 0.6 is 11.3 Å². The van der Waals surface area contributed by atoms with Gasteiger partial charge in [-0.15, -0.1) is 11.3 Å². The van der Waals surface area contributed by atoms with E-state index in [9.17, 15) is 0 Å². The molecule has 2 rings (SSSR count). The molecule has 0 saturated heterocycles. The van der Waals surface area contributed by atoms with Crippen molar-refractivity contribution >= 4 is 11.3 Å². The van der Waals surface area contributed by atoms with Crippen LogP contribution in [0.4, 0.5) is 0 Å². The molecule has 0 aliphatic heterocycles. The smallest absolute Gasteiger partial charge is 0.0719 e. The lowest BCUT2D eigenvalue weighted by Gasteiger charge is -2.07. The van der Waals surface area contributed by atoms with Crippen molar-refractivity contribution in [3.63, 3.8) is 0 Å². The number of thiophene rings is 1. The first-order valence-corrected chi connectivity index (χ1v) is 7.00. The zero-order chi connectivity index (χ0) is 13.0. The van der Waals surface area contributed by atoms with Gasteiger partial charge in [0, 0.05) is 22.9 Å². The molecule has 0 aliphatic carbocycles. The summed E-state index contributed by atoms with van der Waals surface area (Å²) < 4.78 is 5.25. The predicted molar refractivity (Wildman–Crippen MR) is 77.7 cm³/mol. The summed E-state index contributed by atoms with van der Waals surface area (Å²) >= 11 is 1.78. The van der Waals surface area contributed by atoms with Crippen LogP contribution in [0.25, 0.3) is 10.4 Å². The SMILES string of the molecule is CCC(N)c1ccc(-c2ccccc2COC)s1. The Morgan fingerprint density at radius 2 is 2.00 bits per heavy atom. The molecule has 2 N–H and O–H groups in total. The molecule has 3 heteroatoms. The van der Waals surface area contributed by atoms with Crippen molar-refractivity contribution in [3.8, 4) is 10.4 Å². The van der Waals surface area contributed by atoms with Gasteiger partial charge in [0.05, 0.1) is 6.61 Å². The van der Waals surface area contributed by atoms with Crippen LogP contribution in [-0.4, -0.2) is 7.11 Å². The Balaban J connectivity index is 2.33. The highest BCUT2D eigenvalue weighted by Gasteiger charge is 2.10. The van der Waals surface area contributed by atoms with Crippen LogP contribution in [-0.2, 0) is 11.3 Å². The summed E-state index contributed by atoms with van der Waals surface area (Å²) in [6, 6.07) is 12.8. The molecule has 0 bridgehead atoms. The normalized spacial score (nSPS) is 12.6. The van der Waals surface area contributed by atoms with Crippen molar-refractivity contribution in [2.75, 3.05) is 7.11 Å². The molecule has 2 aromatic rings. The minimum absolute atomic E-state index is 0.151. The fourth-order valence-corrected chi connectivity index (χ4v) is 3.09. The Morgan fingerprint density at radius 1 is 1.22 bits per heavy atom. The van der Waals surface area contributed by atoms with E-state index in [1.165, 1.54) is 20.9 Å². The van der Waals surface area contributed by atoms with E-state index in [2.05, 4.69) is 37.3 Å². The second-order valence-corrected chi connectivity index (χ2v) is 5.42. The largest absolute Gasteiger partial charge is 0.380 e. The molecule has 1 unspecified atom stereocenters. The zero-order valence-electron chi connectivity index (χ0n) is 10.8. The van der Waals surface area contributed by atoms with Crippen LogP contribution in [0.3, 0.4) is 0 Å². The molecule has 1 aromatic carbocycles. The molecule has 2 nitrogen and oxygen atoms in total. The number of hydrogen-bond acceptors (Lipinski definition) is 3. The van der Waals surface area contributed by atoms with Gasteiger partial charge in [-0.05, 0) is 29.7 Å². The van der Waals surface area contributed by atoms with Gasteiger partial charge in [-0.2, -0.15) is 0 Å². The fraction of sp³-hybridized carbons (Fsp3) is 0.333. The summed E-state index contributed by atoms with van der Waals surface area (Å²) in [5.41, 5.74) is 8.54. The third kappa shape index (κ3) is 2.80. The molecule has 0 radical (unpaired) electrons. The summed E-state index contributed by atoms with van der Waals surface area (Å²) in [6.45, 7) is 2.76. The first-order chi connectivity index (χ1) is 8.76. The Bertz CT molecular complexity index is 507. The van der Waals surface area contributed by atoms with Crippen LogP contribution in [0.1, 0.15) is 29.8 Å². The van der Waals surface area contributed by atoms with E-state index >= 15 is 0 Å². The topological polar surface area (TPSA) is 35.2 Å². The molecule has 0 spiro atoms. The molecule has 1 aromatic heterocycles. The van der Waals surface area contributed by atoms with Crippen LogP contribution in [0.5, 0.6) is 0 Å². The van der Waals surface area contributed by atoms with E-state index in [1.54, 1.807) is 18.4 Å². The molecule has 0 amide bonds. The number of benzene rings is 1. The molecular weight excluding hydrogens is 242 g/mol. The van der Waals surface area contributed by atoms with Crippen LogP contribution in [0.2, 0.25) is 0 Å². The average molecular weight is 261 g/mol. The van der Waals surface area contributed by atoms with Gasteiger partial charge in [0.25, 0.3) is 0 Å². The Morgan fingerprint density at radius 3 is 2.72 bits per heavy atom. The number of hydrogen-bond donors (Lipinski definition) is 1. The van der Waals surface area contributed by atoms with Crippen LogP contribution in [0.15, 0.2) is 36.4 Å². The minimum Gasteiger partial charge on any atom is -0.380 e. The third-order valence-corrected chi connectivity index (χ3v) is 4.27. The molecule has 1 atom stereocenters. The van der Waals surface area contributed by atoms with Gasteiger partial charge >= 0.3 is 0 Å². The van der Waals surface area contributed by atoms with Crippen LogP contribution < -0.4 is 5.73 Å². The summed E-state index contributed by atoms with van der Waals surface area (Å²) in [5.74, 6) is 0. The molecular formula is C15H19NOS. The quantitative estimate of drug-likeness (QED) is 0.883. The predicted octanol–water partition coefficient (Wildman–Crippen LogP) is 3.97. The molecule has 1 heterocycles. The monoisotopic (exact) mass is 261 g/mol. The maximum Gasteiger partial charge on any atom is 0.0719 e. The Kier molecular flexibility index (Phi) is 4.53. The summed E-state index contributed by atoms with van der Waals surface area (Å²) in [7, 11) is 1.73. The van der Waals surface area contributed by atoms with E-state index in [-0.39, 0.29) is 6.04 Å². The summed E-state index contributed by atoms with van der Waals surface area (Å²) in [4.78, 5) is 2.52. The van der Waals surface area contributed by atoms with Gasteiger partial charge in [-0.25, -0.2) is 0 Å². The van der Waals surface area contributed by atoms with Crippen molar-refractivity contribution in [2.45, 2.75) is 26.0 Å². The first-order valence-electron chi connectivity index (χ1n) is 6.18. The number of rotatable bonds is 5. The van der Waals surface area contributed by atoms with Gasteiger partial charge in [0.1, 0.15) is 0 Å². The molecule has 0 aliphatic rings. The van der Waals surface area contributed by atoms with E-state index in [4.69, 9.17) is 10.5 Å². The summed E-state index contributed by atoms with van der Waals surface area (Å²) in [5, 5.41) is 0. The van der Waals surface area contributed by atoms with Crippen molar-refractivity contribution in [2.24, 2.45) is 5.73 Å². The van der Waals surface area contributed by atoms with Crippen molar-refractivity contribution in [1.82, 2.24) is 0 Å². The molecule has 18 heavy (non-hydrogen) atoms. The van der Waals surface area contributed by atoms with E-state index in [0.717, 1.165) is 6.42 Å². The maximum absolute atomic E-state index is 6.07. The zero-order valence-corrected chi connectivity index (χ0v) is 11.7. The Hall–Kier alpha value is -1.16. The van der Waals surface area contributed by atoms with E-state index in [0.29, 0.717) is 6.61 Å². The highest BCUT2D eigenvalue weighted by atomic mass is 32.1. The van der Waals surface area contributed by atoms with Gasteiger partial charge < -0.3 is 10.5 Å². The van der Waals surface area contributed by atoms with Gasteiger partial charge in [0.2, 0.25) is 0 Å². The van der Waals surface area contributed by atoms with Gasteiger partial charge in [-0.3, -0.25) is 0 Å². The van der Waals surface area contributed by atoms with E-state index in [1.807, 2.05) is 6.07 Å². The number of ether oxygens (including phenoxy) is 1. The number of nitrogens with two attached hydrogens (primary N) is 1. The van der Waals surface area contributed by atoms with Crippen molar-refractivity contribution < 1.29 is 4.74 Å². The second-order valence-electron chi connectivity index (χ2n) is 4.31. The highest BCUT2D eigenvalue weighted by molar-refractivity contribution is 7.15. The van der Waals surface area contributed by atoms with Gasteiger partial charge in [-0.1, -0.05) is 31.2 Å². The lowest BCUT2D eigenvalue weighted by molar-refractivity contribution is 0.185. The Labute approximate surface area is 112 Å². The average Bonchev–Trinajstić information content (AvgIpc) is 2.88. The molecule has 96 valence electrons. The van der Waals surface area contributed by atoms with Crippen molar-refractivity contribution in [1.29, 1.82) is 0 Å². The molecule has 0 saturated carbocycles. The molecule has 0 fully saturated rings. The summed E-state index contributed by atoms with van der Waals surface area (Å²) in [6.07, 6.45) is 0.972. The first kappa shape index (κ1) is 13.3. The lowest BCUT2D eigenvalue weighted by Crippen LogP contribution is -2.05. The van der Waals surface area contributed by atoms with Crippen LogP contribution in [0, 0.1) is 0 Å². The number of methoxy groups -OCH3 is 1. The minimum atomic E-state index is 0.151. The van der Waals surface area contributed by atoms with E-state index < -0.39 is 0 Å². The fourth-order valence-electron chi connectivity index (χ4n) is 1.94. The third-order valence-electron chi connectivity index (χ3n) is 3.01. The maximum atomic E-state index is 6.07. The highest BCUT2D eigenvalue weighted by Crippen LogP contribution is 2.33. The van der Waals surface area contributed by atoms with Gasteiger partial charge in [0.15, 0.2) is 0 Å². The second kappa shape index (κ2) is 6.14. The standard InChI is InChI=1S/C15H19NOS/c1-3-13(16)15-9-8-14(18-15)12-7-5-4-6-11(12)10-17-2/h4-9,13H,3,10,16H2,1-2H3. The lowest BCUT2D eigenvalue weighted by atomic mass is 10.1. The van der Waals surface area contributed by atoms with Crippen molar-refractivity contribution in [3.05, 3.63) is 46.8 Å².